The lowest BCUT2D eigenvalue weighted by molar-refractivity contribution is 0.156. The lowest BCUT2D eigenvalue weighted by Crippen LogP contribution is -2.32. The Kier molecular flexibility index (Phi) is 6.64. The molecule has 0 amide bonds. The van der Waals surface area contributed by atoms with Gasteiger partial charge in [-0.25, -0.2) is 9.36 Å². The minimum Gasteiger partial charge on any atom is -0.497 e. The molecule has 0 spiro atoms. The summed E-state index contributed by atoms with van der Waals surface area (Å²) in [5, 5.41) is 1.16. The number of hydrogen-bond acceptors (Lipinski definition) is 6. The van der Waals surface area contributed by atoms with E-state index in [0.29, 0.717) is 57.0 Å². The van der Waals surface area contributed by atoms with Gasteiger partial charge >= 0.3 is 6.09 Å². The maximum atomic E-state index is 13.3. The number of aromatic nitrogens is 2. The highest BCUT2D eigenvalue weighted by molar-refractivity contribution is 6.32. The molecule has 0 atom stereocenters. The van der Waals surface area contributed by atoms with E-state index in [-0.39, 0.29) is 12.2 Å². The second kappa shape index (κ2) is 10.3. The lowest BCUT2D eigenvalue weighted by Gasteiger charge is -2.32. The van der Waals surface area contributed by atoms with Crippen LogP contribution in [-0.4, -0.2) is 42.5 Å². The van der Waals surface area contributed by atoms with E-state index in [4.69, 9.17) is 25.8 Å². The van der Waals surface area contributed by atoms with Crippen LogP contribution in [0.3, 0.4) is 0 Å². The minimum absolute atomic E-state index is 0.210. The van der Waals surface area contributed by atoms with Crippen molar-refractivity contribution in [1.82, 2.24) is 9.55 Å². The number of pyridine rings is 1. The molecule has 0 bridgehead atoms. The monoisotopic (exact) mass is 557 g/mol. The topological polar surface area (TPSA) is 85.8 Å². The molecule has 204 valence electrons. The Morgan fingerprint density at radius 2 is 1.90 bits per heavy atom. The van der Waals surface area contributed by atoms with Crippen molar-refractivity contribution in [2.24, 2.45) is 0 Å². The van der Waals surface area contributed by atoms with E-state index in [1.54, 1.807) is 39.2 Å². The summed E-state index contributed by atoms with van der Waals surface area (Å²) in [6, 6.07) is 19.2. The Labute approximate surface area is 235 Å². The second-order valence-electron chi connectivity index (χ2n) is 9.67. The van der Waals surface area contributed by atoms with Gasteiger partial charge in [-0.05, 0) is 67.4 Å². The van der Waals surface area contributed by atoms with Crippen LogP contribution in [0.1, 0.15) is 18.1 Å². The molecule has 0 fully saturated rings. The third-order valence-corrected chi connectivity index (χ3v) is 7.55. The molecule has 0 unspecified atom stereocenters. The molecule has 0 radical (unpaired) electrons. The van der Waals surface area contributed by atoms with Crippen LogP contribution in [0.15, 0.2) is 65.5 Å². The zero-order valence-corrected chi connectivity index (χ0v) is 23.2. The van der Waals surface area contributed by atoms with Crippen LogP contribution in [0.25, 0.3) is 33.1 Å². The summed E-state index contributed by atoms with van der Waals surface area (Å²) in [5.74, 6) is 1.53. The average Bonchev–Trinajstić information content (AvgIpc) is 3.27. The van der Waals surface area contributed by atoms with Crippen molar-refractivity contribution in [1.29, 1.82) is 0 Å². The van der Waals surface area contributed by atoms with Crippen molar-refractivity contribution in [3.8, 4) is 22.6 Å². The van der Waals surface area contributed by atoms with Crippen molar-refractivity contribution in [3.05, 3.63) is 87.2 Å². The summed E-state index contributed by atoms with van der Waals surface area (Å²) >= 11 is 6.32. The van der Waals surface area contributed by atoms with Crippen molar-refractivity contribution < 1.29 is 19.0 Å². The van der Waals surface area contributed by atoms with E-state index in [9.17, 15) is 9.59 Å². The van der Waals surface area contributed by atoms with Gasteiger partial charge in [0.2, 0.25) is 0 Å². The van der Waals surface area contributed by atoms with E-state index in [0.717, 1.165) is 29.1 Å². The highest BCUT2D eigenvalue weighted by Crippen LogP contribution is 2.41. The van der Waals surface area contributed by atoms with Crippen LogP contribution >= 0.6 is 11.6 Å². The molecule has 1 N–H and O–H groups in total. The van der Waals surface area contributed by atoms with Crippen molar-refractivity contribution in [2.45, 2.75) is 20.4 Å². The Morgan fingerprint density at radius 3 is 2.65 bits per heavy atom. The number of fused-ring (bicyclic) bond motifs is 4. The first-order valence-corrected chi connectivity index (χ1v) is 13.5. The number of H-pyrrole nitrogens is 1. The molecule has 3 aromatic carbocycles. The van der Waals surface area contributed by atoms with Crippen LogP contribution in [0.5, 0.6) is 11.5 Å². The normalized spacial score (nSPS) is 12.8. The Balaban J connectivity index is 1.51. The zero-order chi connectivity index (χ0) is 28.0. The number of aromatic amines is 1. The number of rotatable bonds is 5. The molecular weight excluding hydrogens is 530 g/mol. The van der Waals surface area contributed by atoms with Crippen molar-refractivity contribution in [3.63, 3.8) is 0 Å². The summed E-state index contributed by atoms with van der Waals surface area (Å²) < 4.78 is 18.3. The second-order valence-corrected chi connectivity index (χ2v) is 10.1. The predicted octanol–water partition coefficient (Wildman–Crippen LogP) is 6.52. The number of nitrogens with one attached hydrogen (secondary N) is 1. The fourth-order valence-electron chi connectivity index (χ4n) is 5.40. The molecule has 40 heavy (non-hydrogen) atoms. The first-order chi connectivity index (χ1) is 19.4. The van der Waals surface area contributed by atoms with E-state index < -0.39 is 6.09 Å². The van der Waals surface area contributed by atoms with Crippen molar-refractivity contribution >= 4 is 45.3 Å². The van der Waals surface area contributed by atoms with E-state index in [1.165, 1.54) is 4.57 Å². The highest BCUT2D eigenvalue weighted by atomic mass is 35.5. The third-order valence-electron chi connectivity index (χ3n) is 7.31. The maximum absolute atomic E-state index is 13.3. The zero-order valence-electron chi connectivity index (χ0n) is 22.4. The van der Waals surface area contributed by atoms with Gasteiger partial charge in [0.15, 0.2) is 0 Å². The van der Waals surface area contributed by atoms with Gasteiger partial charge in [-0.2, -0.15) is 0 Å². The number of ether oxygens (including phenoxy) is 3. The van der Waals surface area contributed by atoms with Crippen LogP contribution < -0.4 is 19.9 Å². The van der Waals surface area contributed by atoms with Gasteiger partial charge in [-0.3, -0.25) is 4.79 Å². The molecule has 0 saturated heterocycles. The average molecular weight is 558 g/mol. The van der Waals surface area contributed by atoms with Crippen LogP contribution in [0, 0.1) is 6.92 Å². The van der Waals surface area contributed by atoms with Gasteiger partial charge in [0.25, 0.3) is 5.56 Å². The quantitative estimate of drug-likeness (QED) is 0.265. The van der Waals surface area contributed by atoms with Crippen LogP contribution in [-0.2, 0) is 11.3 Å². The van der Waals surface area contributed by atoms with Gasteiger partial charge in [0.1, 0.15) is 18.1 Å². The number of methoxy groups -OCH3 is 1. The van der Waals surface area contributed by atoms with Gasteiger partial charge in [-0.1, -0.05) is 29.8 Å². The first-order valence-electron chi connectivity index (χ1n) is 13.1. The smallest absolute Gasteiger partial charge is 0.419 e. The molecule has 8 nitrogen and oxygen atoms in total. The Hall–Kier alpha value is -4.43. The highest BCUT2D eigenvalue weighted by Gasteiger charge is 2.26. The predicted molar refractivity (Wildman–Crippen MR) is 157 cm³/mol. The number of halogens is 1. The Bertz CT molecular complexity index is 1820. The number of carbonyl (C=O) groups excluding carboxylic acids is 1. The largest absolute Gasteiger partial charge is 0.497 e. The summed E-state index contributed by atoms with van der Waals surface area (Å²) in [4.78, 5) is 31.7. The molecule has 5 aromatic rings. The van der Waals surface area contributed by atoms with Crippen LogP contribution in [0.4, 0.5) is 10.5 Å². The van der Waals surface area contributed by atoms with Crippen LogP contribution in [0.2, 0.25) is 5.02 Å². The number of nitrogens with zero attached hydrogens (tertiary/aromatic N) is 2. The van der Waals surface area contributed by atoms with Gasteiger partial charge in [0.05, 0.1) is 42.5 Å². The number of hydrogen-bond donors (Lipinski definition) is 1. The van der Waals surface area contributed by atoms with E-state index >= 15 is 0 Å². The maximum Gasteiger partial charge on any atom is 0.419 e. The molecule has 6 rings (SSSR count). The van der Waals surface area contributed by atoms with E-state index in [1.807, 2.05) is 30.3 Å². The fraction of sp³-hybridized carbons (Fsp3) is 0.226. The first kappa shape index (κ1) is 25.8. The van der Waals surface area contributed by atoms with Crippen molar-refractivity contribution in [2.75, 3.05) is 31.8 Å². The molecule has 9 heteroatoms. The molecule has 0 saturated carbocycles. The molecule has 1 aliphatic rings. The fourth-order valence-corrected chi connectivity index (χ4v) is 5.58. The SMILES string of the molecule is CCOC(=O)n1c2ccc(Cl)cc2c2[nH]c(=O)c(C)c(-c3ccc4c(c3)OCCN4Cc3ccc(OC)cc3)c21. The molecule has 1 aliphatic heterocycles. The van der Waals surface area contributed by atoms with Gasteiger partial charge in [0, 0.05) is 28.1 Å². The lowest BCUT2D eigenvalue weighted by atomic mass is 9.98. The summed E-state index contributed by atoms with van der Waals surface area (Å²) in [5.41, 5.74) is 5.43. The summed E-state index contributed by atoms with van der Waals surface area (Å²) in [6.07, 6.45) is -0.530. The molecule has 2 aromatic heterocycles. The third kappa shape index (κ3) is 4.34. The van der Waals surface area contributed by atoms with Gasteiger partial charge in [-0.15, -0.1) is 0 Å². The standard InChI is InChI=1S/C31H28ClN3O5/c1-4-39-31(37)35-24-12-8-21(32)16-23(24)28-29(35)27(18(2)30(36)33-28)20-7-11-25-26(15-20)40-14-13-34(25)17-19-5-9-22(38-3)10-6-19/h5-12,15-16H,4,13-14,17H2,1-3H3,(H,33,36). The number of carbonyl (C=O) groups is 1. The van der Waals surface area contributed by atoms with E-state index in [2.05, 4.69) is 22.0 Å². The summed E-state index contributed by atoms with van der Waals surface area (Å²) in [7, 11) is 1.66. The van der Waals surface area contributed by atoms with Gasteiger partial charge < -0.3 is 24.1 Å². The number of anilines is 1. The minimum atomic E-state index is -0.530. The molecule has 3 heterocycles. The molecular formula is C31H28ClN3O5. The number of benzene rings is 3. The molecule has 0 aliphatic carbocycles. The summed E-state index contributed by atoms with van der Waals surface area (Å²) in [6.45, 7) is 5.70. The Morgan fingerprint density at radius 1 is 1.10 bits per heavy atom.